The Morgan fingerprint density at radius 2 is 1.90 bits per heavy atom. The smallest absolute Gasteiger partial charge is 0.256 e. The van der Waals surface area contributed by atoms with Crippen LogP contribution in [0.4, 0.5) is 11.4 Å². The fourth-order valence-electron chi connectivity index (χ4n) is 2.92. The van der Waals surface area contributed by atoms with Gasteiger partial charge >= 0.3 is 0 Å². The summed E-state index contributed by atoms with van der Waals surface area (Å²) < 4.78 is 0. The lowest BCUT2D eigenvalue weighted by atomic mass is 10.0. The van der Waals surface area contributed by atoms with E-state index >= 15 is 0 Å². The molecule has 0 fully saturated rings. The molecular weight excluding hydrogens is 260 g/mol. The maximum absolute atomic E-state index is 12.5. The Bertz CT molecular complexity index is 671. The fraction of sp³-hybridized carbons (Fsp3) is 0.278. The molecule has 0 unspecified atom stereocenters. The molecule has 0 atom stereocenters. The molecule has 108 valence electrons. The van der Waals surface area contributed by atoms with Crippen molar-refractivity contribution in [1.29, 1.82) is 0 Å². The summed E-state index contributed by atoms with van der Waals surface area (Å²) in [7, 11) is 0. The number of benzene rings is 2. The Hall–Kier alpha value is -2.29. The molecule has 2 aromatic carbocycles. The first kappa shape index (κ1) is 13.7. The van der Waals surface area contributed by atoms with Crippen molar-refractivity contribution in [2.45, 2.75) is 26.7 Å². The molecule has 0 saturated carbocycles. The van der Waals surface area contributed by atoms with Crippen LogP contribution in [0.5, 0.6) is 0 Å². The lowest BCUT2D eigenvalue weighted by Crippen LogP contribution is -2.16. The Morgan fingerprint density at radius 3 is 2.67 bits per heavy atom. The molecule has 0 bridgehead atoms. The number of rotatable bonds is 2. The summed E-state index contributed by atoms with van der Waals surface area (Å²) in [5.74, 6) is -0.0330. The number of anilines is 2. The van der Waals surface area contributed by atoms with Crippen molar-refractivity contribution in [3.05, 3.63) is 58.7 Å². The Kier molecular flexibility index (Phi) is 3.65. The minimum Gasteiger partial charge on any atom is -0.385 e. The maximum Gasteiger partial charge on any atom is 0.256 e. The van der Waals surface area contributed by atoms with Gasteiger partial charge in [-0.15, -0.1) is 0 Å². The van der Waals surface area contributed by atoms with E-state index in [9.17, 15) is 4.79 Å². The number of carbonyl (C=O) groups is 1. The second kappa shape index (κ2) is 5.60. The van der Waals surface area contributed by atoms with E-state index in [1.165, 1.54) is 11.3 Å². The van der Waals surface area contributed by atoms with E-state index in [1.54, 1.807) is 0 Å². The third kappa shape index (κ3) is 2.77. The maximum atomic E-state index is 12.5. The molecule has 2 aromatic rings. The van der Waals surface area contributed by atoms with Crippen LogP contribution in [-0.4, -0.2) is 12.5 Å². The number of amides is 1. The minimum absolute atomic E-state index is 0.0330. The first-order valence-corrected chi connectivity index (χ1v) is 7.39. The Balaban J connectivity index is 1.85. The van der Waals surface area contributed by atoms with E-state index in [4.69, 9.17) is 0 Å². The van der Waals surface area contributed by atoms with E-state index in [2.05, 4.69) is 22.8 Å². The van der Waals surface area contributed by atoms with Crippen LogP contribution in [0, 0.1) is 13.8 Å². The van der Waals surface area contributed by atoms with Crippen LogP contribution >= 0.6 is 0 Å². The molecule has 1 aliphatic rings. The monoisotopic (exact) mass is 280 g/mol. The molecule has 21 heavy (non-hydrogen) atoms. The zero-order chi connectivity index (χ0) is 14.8. The van der Waals surface area contributed by atoms with Crippen LogP contribution in [0.2, 0.25) is 0 Å². The molecule has 3 nitrogen and oxygen atoms in total. The average Bonchev–Trinajstić information content (AvgIpc) is 2.47. The van der Waals surface area contributed by atoms with Crippen molar-refractivity contribution in [2.24, 2.45) is 0 Å². The molecule has 0 aromatic heterocycles. The molecule has 1 aliphatic heterocycles. The standard InChI is InChI=1S/C18H20N2O/c1-12-5-3-6-13(2)17(12)18(21)20-15-8-9-16-14(11-15)7-4-10-19-16/h3,5-6,8-9,11,19H,4,7,10H2,1-2H3,(H,20,21). The van der Waals surface area contributed by atoms with Crippen molar-refractivity contribution < 1.29 is 4.79 Å². The molecule has 0 radical (unpaired) electrons. The number of nitrogens with one attached hydrogen (secondary N) is 2. The van der Waals surface area contributed by atoms with Crippen molar-refractivity contribution >= 4 is 17.3 Å². The van der Waals surface area contributed by atoms with E-state index in [0.29, 0.717) is 0 Å². The largest absolute Gasteiger partial charge is 0.385 e. The number of aryl methyl sites for hydroxylation is 3. The van der Waals surface area contributed by atoms with Crippen molar-refractivity contribution in [1.82, 2.24) is 0 Å². The normalized spacial score (nSPS) is 13.2. The van der Waals surface area contributed by atoms with Gasteiger partial charge in [0.25, 0.3) is 5.91 Å². The molecular formula is C18H20N2O. The highest BCUT2D eigenvalue weighted by molar-refractivity contribution is 6.06. The van der Waals surface area contributed by atoms with Crippen molar-refractivity contribution in [2.75, 3.05) is 17.2 Å². The molecule has 3 heteroatoms. The minimum atomic E-state index is -0.0330. The van der Waals surface area contributed by atoms with Gasteiger partial charge in [0.1, 0.15) is 0 Å². The highest BCUT2D eigenvalue weighted by atomic mass is 16.1. The van der Waals surface area contributed by atoms with Gasteiger partial charge in [-0.1, -0.05) is 18.2 Å². The van der Waals surface area contributed by atoms with Crippen LogP contribution in [-0.2, 0) is 6.42 Å². The molecule has 1 amide bonds. The van der Waals surface area contributed by atoms with Gasteiger partial charge in [0.2, 0.25) is 0 Å². The highest BCUT2D eigenvalue weighted by Gasteiger charge is 2.14. The quantitative estimate of drug-likeness (QED) is 0.875. The number of hydrogen-bond acceptors (Lipinski definition) is 2. The predicted molar refractivity (Wildman–Crippen MR) is 87.1 cm³/mol. The molecule has 1 heterocycles. The van der Waals surface area contributed by atoms with E-state index in [-0.39, 0.29) is 5.91 Å². The van der Waals surface area contributed by atoms with Gasteiger partial charge in [0.15, 0.2) is 0 Å². The third-order valence-corrected chi connectivity index (χ3v) is 4.01. The van der Waals surface area contributed by atoms with Gasteiger partial charge in [-0.2, -0.15) is 0 Å². The zero-order valence-corrected chi connectivity index (χ0v) is 12.5. The fourth-order valence-corrected chi connectivity index (χ4v) is 2.92. The van der Waals surface area contributed by atoms with Crippen LogP contribution in [0.25, 0.3) is 0 Å². The summed E-state index contributed by atoms with van der Waals surface area (Å²) >= 11 is 0. The van der Waals surface area contributed by atoms with E-state index in [0.717, 1.165) is 41.8 Å². The second-order valence-electron chi connectivity index (χ2n) is 5.62. The van der Waals surface area contributed by atoms with Crippen molar-refractivity contribution in [3.63, 3.8) is 0 Å². The predicted octanol–water partition coefficient (Wildman–Crippen LogP) is 3.91. The lowest BCUT2D eigenvalue weighted by Gasteiger charge is -2.19. The van der Waals surface area contributed by atoms with Gasteiger partial charge in [0, 0.05) is 23.5 Å². The topological polar surface area (TPSA) is 41.1 Å². The number of carbonyl (C=O) groups excluding carboxylic acids is 1. The van der Waals surface area contributed by atoms with Crippen LogP contribution in [0.1, 0.15) is 33.5 Å². The molecule has 2 N–H and O–H groups in total. The van der Waals surface area contributed by atoms with Gasteiger partial charge < -0.3 is 10.6 Å². The molecule has 0 saturated heterocycles. The van der Waals surface area contributed by atoms with Crippen LogP contribution < -0.4 is 10.6 Å². The van der Waals surface area contributed by atoms with E-state index < -0.39 is 0 Å². The summed E-state index contributed by atoms with van der Waals surface area (Å²) in [6, 6.07) is 12.0. The Morgan fingerprint density at radius 1 is 1.14 bits per heavy atom. The summed E-state index contributed by atoms with van der Waals surface area (Å²) in [5.41, 5.74) is 6.12. The van der Waals surface area contributed by atoms with Gasteiger partial charge in [-0.3, -0.25) is 4.79 Å². The van der Waals surface area contributed by atoms with E-state index in [1.807, 2.05) is 38.1 Å². The van der Waals surface area contributed by atoms with Crippen LogP contribution in [0.3, 0.4) is 0 Å². The SMILES string of the molecule is Cc1cccc(C)c1C(=O)Nc1ccc2c(c1)CCCN2. The third-order valence-electron chi connectivity index (χ3n) is 4.01. The lowest BCUT2D eigenvalue weighted by molar-refractivity contribution is 0.102. The summed E-state index contributed by atoms with van der Waals surface area (Å²) in [6.45, 7) is 4.97. The van der Waals surface area contributed by atoms with Gasteiger partial charge in [-0.25, -0.2) is 0 Å². The zero-order valence-electron chi connectivity index (χ0n) is 12.5. The van der Waals surface area contributed by atoms with Crippen molar-refractivity contribution in [3.8, 4) is 0 Å². The van der Waals surface area contributed by atoms with Gasteiger partial charge in [-0.05, 0) is 61.6 Å². The first-order chi connectivity index (χ1) is 10.1. The second-order valence-corrected chi connectivity index (χ2v) is 5.62. The number of fused-ring (bicyclic) bond motifs is 1. The summed E-state index contributed by atoms with van der Waals surface area (Å²) in [6.07, 6.45) is 2.21. The highest BCUT2D eigenvalue weighted by Crippen LogP contribution is 2.25. The number of hydrogen-bond donors (Lipinski definition) is 2. The molecule has 0 aliphatic carbocycles. The first-order valence-electron chi connectivity index (χ1n) is 7.39. The Labute approximate surface area is 125 Å². The van der Waals surface area contributed by atoms with Crippen LogP contribution in [0.15, 0.2) is 36.4 Å². The molecule has 0 spiro atoms. The average molecular weight is 280 g/mol. The molecule has 3 rings (SSSR count). The summed E-state index contributed by atoms with van der Waals surface area (Å²) in [4.78, 5) is 12.5. The van der Waals surface area contributed by atoms with Gasteiger partial charge in [0.05, 0.1) is 0 Å². The summed E-state index contributed by atoms with van der Waals surface area (Å²) in [5, 5.41) is 6.40.